The van der Waals surface area contributed by atoms with Crippen LogP contribution in [0.2, 0.25) is 15.1 Å². The summed E-state index contributed by atoms with van der Waals surface area (Å²) >= 11 is 16.7. The molecule has 9 N–H and O–H groups in total. The Morgan fingerprint density at radius 3 is 1.67 bits per heavy atom. The third-order valence-electron chi connectivity index (χ3n) is 4.91. The van der Waals surface area contributed by atoms with E-state index in [4.69, 9.17) is 58.1 Å². The fourth-order valence-electron chi connectivity index (χ4n) is 2.86. The van der Waals surface area contributed by atoms with E-state index >= 15 is 0 Å². The second kappa shape index (κ2) is 19.0. The summed E-state index contributed by atoms with van der Waals surface area (Å²) in [6.45, 7) is 0. The van der Waals surface area contributed by atoms with Crippen LogP contribution in [0, 0.1) is 20.2 Å². The molecule has 19 nitrogen and oxygen atoms in total. The van der Waals surface area contributed by atoms with Crippen LogP contribution in [-0.2, 0) is 9.47 Å². The van der Waals surface area contributed by atoms with Crippen molar-refractivity contribution in [2.45, 2.75) is 7.43 Å². The number of rotatable bonds is 6. The van der Waals surface area contributed by atoms with Gasteiger partial charge < -0.3 is 36.7 Å². The second-order valence-corrected chi connectivity index (χ2v) is 8.89. The topological polar surface area (TPSA) is 295 Å². The molecule has 0 saturated carbocycles. The average molecular weight is 709 g/mol. The Morgan fingerprint density at radius 1 is 0.826 bits per heavy atom. The fraction of sp³-hybridized carbons (Fsp3) is 0.125. The first kappa shape index (κ1) is 40.5. The third-order valence-corrected chi connectivity index (χ3v) is 5.83. The number of ether oxygens (including phenoxy) is 2. The third kappa shape index (κ3) is 11.2. The van der Waals surface area contributed by atoms with Crippen LogP contribution in [0.15, 0.2) is 55.0 Å². The Hall–Kier alpha value is -5.50. The highest BCUT2D eigenvalue weighted by atomic mass is 35.5. The number of nitrogen functional groups attached to an aromatic ring is 2. The van der Waals surface area contributed by atoms with Gasteiger partial charge in [-0.25, -0.2) is 9.59 Å². The number of esters is 2. The minimum atomic E-state index is -0.810. The van der Waals surface area contributed by atoms with Gasteiger partial charge in [-0.1, -0.05) is 42.2 Å². The van der Waals surface area contributed by atoms with E-state index in [1.165, 1.54) is 38.7 Å². The number of carbonyl (C=O) groups is 3. The molecule has 0 bridgehead atoms. The molecule has 0 unspecified atom stereocenters. The zero-order chi connectivity index (χ0) is 34.4. The quantitative estimate of drug-likeness (QED) is 0.0831. The van der Waals surface area contributed by atoms with Gasteiger partial charge >= 0.3 is 17.6 Å². The van der Waals surface area contributed by atoms with Crippen molar-refractivity contribution in [2.24, 2.45) is 11.6 Å². The molecule has 1 amide bonds. The van der Waals surface area contributed by atoms with Gasteiger partial charge in [-0.2, -0.15) is 5.90 Å². The molecule has 0 radical (unpaired) electrons. The summed E-state index contributed by atoms with van der Waals surface area (Å²) in [5.74, 6) is 13.5. The number of non-ortho nitro benzene ring substituents is 1. The smallest absolute Gasteiger partial charge is 0.358 e. The Balaban J connectivity index is 0.000000588. The van der Waals surface area contributed by atoms with Crippen LogP contribution < -0.4 is 28.2 Å². The van der Waals surface area contributed by atoms with E-state index in [-0.39, 0.29) is 29.6 Å². The highest BCUT2D eigenvalue weighted by Gasteiger charge is 2.20. The van der Waals surface area contributed by atoms with Crippen LogP contribution in [0.1, 0.15) is 38.9 Å². The van der Waals surface area contributed by atoms with Crippen LogP contribution in [0.25, 0.3) is 0 Å². The molecule has 3 aromatic heterocycles. The lowest BCUT2D eigenvalue weighted by molar-refractivity contribution is -0.394. The molecule has 0 aliphatic carbocycles. The van der Waals surface area contributed by atoms with E-state index in [9.17, 15) is 34.6 Å². The molecule has 0 saturated heterocycles. The molecule has 0 atom stereocenters. The van der Waals surface area contributed by atoms with Crippen molar-refractivity contribution in [1.29, 1.82) is 0 Å². The van der Waals surface area contributed by atoms with Gasteiger partial charge in [0.15, 0.2) is 5.69 Å². The number of nitro benzene ring substituents is 2. The Bertz CT molecular complexity index is 1630. The zero-order valence-electron chi connectivity index (χ0n) is 23.0. The molecule has 0 aliphatic rings. The summed E-state index contributed by atoms with van der Waals surface area (Å²) in [7, 11) is 2.57. The van der Waals surface area contributed by atoms with E-state index in [0.29, 0.717) is 15.7 Å². The predicted molar refractivity (Wildman–Crippen MR) is 167 cm³/mol. The number of nitrogens with zero attached hydrogens (tertiary/aromatic N) is 4. The summed E-state index contributed by atoms with van der Waals surface area (Å²) in [4.78, 5) is 58.2. The average Bonchev–Trinajstić information content (AvgIpc) is 3.69. The lowest BCUT2D eigenvalue weighted by Crippen LogP contribution is -2.21. The molecule has 4 rings (SSSR count). The summed E-state index contributed by atoms with van der Waals surface area (Å²) in [6.07, 6.45) is 4.52. The zero-order valence-corrected chi connectivity index (χ0v) is 25.3. The number of aromatic nitrogens is 3. The van der Waals surface area contributed by atoms with E-state index in [0.717, 1.165) is 27.6 Å². The van der Waals surface area contributed by atoms with E-state index in [2.05, 4.69) is 19.3 Å². The van der Waals surface area contributed by atoms with Crippen molar-refractivity contribution in [3.63, 3.8) is 0 Å². The summed E-state index contributed by atoms with van der Waals surface area (Å²) in [5.41, 5.74) is 4.59. The van der Waals surface area contributed by atoms with Crippen molar-refractivity contribution in [3.8, 4) is 5.75 Å². The van der Waals surface area contributed by atoms with Crippen LogP contribution >= 0.6 is 34.8 Å². The van der Waals surface area contributed by atoms with Crippen LogP contribution in [-0.4, -0.2) is 56.2 Å². The number of H-pyrrole nitrogens is 1. The lowest BCUT2D eigenvalue weighted by atomic mass is 10.2. The van der Waals surface area contributed by atoms with Gasteiger partial charge in [-0.05, 0) is 24.3 Å². The molecule has 22 heteroatoms. The van der Waals surface area contributed by atoms with Crippen LogP contribution in [0.5, 0.6) is 5.75 Å². The van der Waals surface area contributed by atoms with Crippen LogP contribution in [0.4, 0.5) is 11.4 Å². The number of methoxy groups -OCH3 is 2. The first-order valence-electron chi connectivity index (χ1n) is 11.4. The number of primary amides is 1. The fourth-order valence-corrected chi connectivity index (χ4v) is 3.53. The van der Waals surface area contributed by atoms with Crippen molar-refractivity contribution in [3.05, 3.63) is 107 Å². The molecule has 0 spiro atoms. The summed E-state index contributed by atoms with van der Waals surface area (Å²) in [5, 5.41) is 21.6. The first-order valence-corrected chi connectivity index (χ1v) is 12.6. The van der Waals surface area contributed by atoms with Gasteiger partial charge in [0, 0.05) is 24.7 Å². The minimum Gasteiger partial charge on any atom is -0.464 e. The molecule has 4 aromatic rings. The maximum atomic E-state index is 10.9. The first-order chi connectivity index (χ1) is 21.1. The Labute approximate surface area is 274 Å². The maximum Gasteiger partial charge on any atom is 0.358 e. The number of hydrogen-bond acceptors (Lipinski definition) is 13. The standard InChI is InChI=1S/C6H7ClN2O2.C6H6ClNO2.C6H5N3O5.C5H6ClN3O.CH4/c1-11-6(10)5-4(7)2-3-9(5)8;1-10-6(9)5-4(7)2-3-8-5;7-14-6-2-1-4(8(10)11)3-5(6)9(12)13;6-3-1-2-9(8)4(3)5(7)10;/h2-3H,8H2,1H3;2-3,8H,1H3;1-3H,7H2;1-2H,8H2,(H2,7,10);1H4. The number of aromatic amines is 1. The monoisotopic (exact) mass is 707 g/mol. The maximum absolute atomic E-state index is 10.9. The summed E-state index contributed by atoms with van der Waals surface area (Å²) in [6, 6.07) is 7.52. The molecule has 46 heavy (non-hydrogen) atoms. The number of nitro groups is 2. The van der Waals surface area contributed by atoms with Crippen LogP contribution in [0.3, 0.4) is 0 Å². The molecule has 250 valence electrons. The molecule has 3 heterocycles. The SMILES string of the molecule is C.COC(=O)c1[nH]ccc1Cl.COC(=O)c1c(Cl)ccn1N.NC(=O)c1c(Cl)ccn1N.NOc1ccc([N+](=O)[O-])cc1[N+](=O)[O-]. The molecule has 1 aromatic carbocycles. The van der Waals surface area contributed by atoms with Gasteiger partial charge in [-0.15, -0.1) is 0 Å². The largest absolute Gasteiger partial charge is 0.464 e. The highest BCUT2D eigenvalue weighted by molar-refractivity contribution is 6.34. The Morgan fingerprint density at radius 2 is 1.35 bits per heavy atom. The number of benzene rings is 1. The normalized spacial score (nSPS) is 9.35. The van der Waals surface area contributed by atoms with Crippen molar-refractivity contribution >= 4 is 64.0 Å². The van der Waals surface area contributed by atoms with Gasteiger partial charge in [-0.3, -0.25) is 34.4 Å². The Kier molecular flexibility index (Phi) is 16.7. The van der Waals surface area contributed by atoms with Crippen molar-refractivity contribution < 1.29 is 38.5 Å². The van der Waals surface area contributed by atoms with E-state index in [1.54, 1.807) is 12.3 Å². The van der Waals surface area contributed by atoms with Crippen molar-refractivity contribution in [1.82, 2.24) is 14.3 Å². The molecule has 0 fully saturated rings. The lowest BCUT2D eigenvalue weighted by Gasteiger charge is -2.00. The van der Waals surface area contributed by atoms with E-state index in [1.807, 2.05) is 0 Å². The number of carbonyl (C=O) groups excluding carboxylic acids is 3. The molecule has 0 aliphatic heterocycles. The number of nitrogens with one attached hydrogen (secondary N) is 1. The summed E-state index contributed by atoms with van der Waals surface area (Å²) < 4.78 is 11.1. The molecular weight excluding hydrogens is 681 g/mol. The van der Waals surface area contributed by atoms with Gasteiger partial charge in [0.2, 0.25) is 5.75 Å². The number of amides is 1. The highest BCUT2D eigenvalue weighted by Crippen LogP contribution is 2.29. The van der Waals surface area contributed by atoms with E-state index < -0.39 is 39.1 Å². The number of halogens is 3. The number of hydrogen-bond donors (Lipinski definition) is 5. The van der Waals surface area contributed by atoms with Gasteiger partial charge in [0.25, 0.3) is 11.6 Å². The number of nitrogens with two attached hydrogens (primary N) is 4. The minimum absolute atomic E-state index is 0. The van der Waals surface area contributed by atoms with Gasteiger partial charge in [0.05, 0.1) is 45.2 Å². The van der Waals surface area contributed by atoms with Gasteiger partial charge in [0.1, 0.15) is 11.4 Å². The molecular formula is C24H28Cl3N9O10. The van der Waals surface area contributed by atoms with Crippen molar-refractivity contribution in [2.75, 3.05) is 25.9 Å². The predicted octanol–water partition coefficient (Wildman–Crippen LogP) is 3.44. The second-order valence-electron chi connectivity index (χ2n) is 7.67.